The number of amides is 1. The first-order chi connectivity index (χ1) is 13.1. The number of hydrogen-bond donors (Lipinski definition) is 0. The van der Waals surface area contributed by atoms with E-state index in [1.165, 1.54) is 0 Å². The Morgan fingerprint density at radius 1 is 0.926 bits per heavy atom. The zero-order valence-corrected chi connectivity index (χ0v) is 15.5. The van der Waals surface area contributed by atoms with Crippen LogP contribution in [-0.4, -0.2) is 27.6 Å². The quantitative estimate of drug-likeness (QED) is 0.540. The van der Waals surface area contributed by atoms with Crippen molar-refractivity contribution in [2.45, 2.75) is 6.54 Å². The van der Waals surface area contributed by atoms with E-state index in [4.69, 9.17) is 0 Å². The summed E-state index contributed by atoms with van der Waals surface area (Å²) < 4.78 is 1.86. The van der Waals surface area contributed by atoms with Crippen molar-refractivity contribution < 1.29 is 4.79 Å². The van der Waals surface area contributed by atoms with Gasteiger partial charge in [0.1, 0.15) is 0 Å². The van der Waals surface area contributed by atoms with Gasteiger partial charge >= 0.3 is 0 Å². The summed E-state index contributed by atoms with van der Waals surface area (Å²) >= 11 is 0. The van der Waals surface area contributed by atoms with Gasteiger partial charge in [-0.2, -0.15) is 5.10 Å². The van der Waals surface area contributed by atoms with Crippen LogP contribution < -0.4 is 0 Å². The van der Waals surface area contributed by atoms with E-state index in [0.29, 0.717) is 12.1 Å². The largest absolute Gasteiger partial charge is 0.336 e. The van der Waals surface area contributed by atoms with Crippen LogP contribution in [0.2, 0.25) is 0 Å². The third-order valence-corrected chi connectivity index (χ3v) is 4.81. The molecule has 0 aliphatic carbocycles. The molecule has 0 saturated carbocycles. The number of benzene rings is 3. The maximum Gasteiger partial charge on any atom is 0.254 e. The first kappa shape index (κ1) is 17.0. The second-order valence-corrected chi connectivity index (χ2v) is 6.66. The van der Waals surface area contributed by atoms with Crippen molar-refractivity contribution in [2.24, 2.45) is 7.05 Å². The van der Waals surface area contributed by atoms with Gasteiger partial charge in [0, 0.05) is 25.0 Å². The highest BCUT2D eigenvalue weighted by atomic mass is 16.2. The van der Waals surface area contributed by atoms with Gasteiger partial charge in [-0.25, -0.2) is 0 Å². The molecule has 0 unspecified atom stereocenters. The Hall–Kier alpha value is -3.40. The Balaban J connectivity index is 1.66. The number of carbonyl (C=O) groups is 1. The summed E-state index contributed by atoms with van der Waals surface area (Å²) in [6, 6.07) is 25.8. The SMILES string of the molecule is CN(Cc1nn(C)c2ccccc12)C(=O)c1ccccc1-c1ccccc1. The van der Waals surface area contributed by atoms with Gasteiger partial charge in [-0.05, 0) is 23.3 Å². The van der Waals surface area contributed by atoms with Crippen LogP contribution in [0.25, 0.3) is 22.0 Å². The third kappa shape index (κ3) is 3.22. The number of aryl methyl sites for hydroxylation is 1. The molecule has 4 rings (SSSR count). The summed E-state index contributed by atoms with van der Waals surface area (Å²) in [6.45, 7) is 0.462. The highest BCUT2D eigenvalue weighted by Gasteiger charge is 2.18. The number of aromatic nitrogens is 2. The van der Waals surface area contributed by atoms with Gasteiger partial charge in [-0.15, -0.1) is 0 Å². The smallest absolute Gasteiger partial charge is 0.254 e. The Kier molecular flexibility index (Phi) is 4.47. The molecule has 27 heavy (non-hydrogen) atoms. The van der Waals surface area contributed by atoms with Gasteiger partial charge < -0.3 is 4.90 Å². The Bertz CT molecular complexity index is 1100. The normalized spacial score (nSPS) is 10.9. The average molecular weight is 355 g/mol. The molecular weight excluding hydrogens is 334 g/mol. The van der Waals surface area contributed by atoms with E-state index in [0.717, 1.165) is 27.7 Å². The standard InChI is InChI=1S/C23H21N3O/c1-25(16-21-20-14-8-9-15-22(20)26(2)24-21)23(27)19-13-7-6-12-18(19)17-10-4-3-5-11-17/h3-15H,16H2,1-2H3. The molecule has 1 amide bonds. The molecule has 134 valence electrons. The van der Waals surface area contributed by atoms with E-state index >= 15 is 0 Å². The summed E-state index contributed by atoms with van der Waals surface area (Å²) in [7, 11) is 3.76. The lowest BCUT2D eigenvalue weighted by atomic mass is 9.99. The van der Waals surface area contributed by atoms with E-state index < -0.39 is 0 Å². The minimum Gasteiger partial charge on any atom is -0.336 e. The Labute approximate surface area is 158 Å². The molecule has 0 fully saturated rings. The zero-order chi connectivity index (χ0) is 18.8. The first-order valence-electron chi connectivity index (χ1n) is 8.95. The number of carbonyl (C=O) groups excluding carboxylic acids is 1. The molecule has 0 N–H and O–H groups in total. The zero-order valence-electron chi connectivity index (χ0n) is 15.5. The molecule has 0 aliphatic rings. The van der Waals surface area contributed by atoms with Crippen molar-refractivity contribution in [1.82, 2.24) is 14.7 Å². The molecule has 0 radical (unpaired) electrons. The van der Waals surface area contributed by atoms with Gasteiger partial charge in [0.25, 0.3) is 5.91 Å². The van der Waals surface area contributed by atoms with Crippen molar-refractivity contribution in [3.8, 4) is 11.1 Å². The van der Waals surface area contributed by atoms with Crippen molar-refractivity contribution in [2.75, 3.05) is 7.05 Å². The van der Waals surface area contributed by atoms with E-state index in [1.807, 2.05) is 97.6 Å². The fraction of sp³-hybridized carbons (Fsp3) is 0.130. The molecule has 1 heterocycles. The van der Waals surface area contributed by atoms with Crippen LogP contribution in [0.1, 0.15) is 16.1 Å². The van der Waals surface area contributed by atoms with Crippen LogP contribution in [0, 0.1) is 0 Å². The number of fused-ring (bicyclic) bond motifs is 1. The molecule has 0 spiro atoms. The predicted octanol–water partition coefficient (Wildman–Crippen LogP) is 4.51. The molecular formula is C23H21N3O. The van der Waals surface area contributed by atoms with Gasteiger partial charge in [0.05, 0.1) is 17.8 Å². The van der Waals surface area contributed by atoms with Crippen molar-refractivity contribution in [3.63, 3.8) is 0 Å². The van der Waals surface area contributed by atoms with Crippen LogP contribution in [-0.2, 0) is 13.6 Å². The van der Waals surface area contributed by atoms with Gasteiger partial charge in [0.15, 0.2) is 0 Å². The number of para-hydroxylation sites is 1. The van der Waals surface area contributed by atoms with Crippen LogP contribution in [0.15, 0.2) is 78.9 Å². The van der Waals surface area contributed by atoms with E-state index in [-0.39, 0.29) is 5.91 Å². The van der Waals surface area contributed by atoms with Crippen molar-refractivity contribution in [3.05, 3.63) is 90.1 Å². The lowest BCUT2D eigenvalue weighted by Crippen LogP contribution is -2.27. The summed E-state index contributed by atoms with van der Waals surface area (Å²) in [5, 5.41) is 5.69. The molecule has 4 heteroatoms. The molecule has 0 atom stereocenters. The molecule has 0 aliphatic heterocycles. The molecule has 0 saturated heterocycles. The van der Waals surface area contributed by atoms with Crippen LogP contribution in [0.5, 0.6) is 0 Å². The minimum absolute atomic E-state index is 0.0100. The number of nitrogens with zero attached hydrogens (tertiary/aromatic N) is 3. The number of hydrogen-bond acceptors (Lipinski definition) is 2. The third-order valence-electron chi connectivity index (χ3n) is 4.81. The van der Waals surface area contributed by atoms with Crippen molar-refractivity contribution >= 4 is 16.8 Å². The topological polar surface area (TPSA) is 38.1 Å². The lowest BCUT2D eigenvalue weighted by molar-refractivity contribution is 0.0784. The highest BCUT2D eigenvalue weighted by Crippen LogP contribution is 2.25. The molecule has 1 aromatic heterocycles. The molecule has 4 nitrogen and oxygen atoms in total. The second-order valence-electron chi connectivity index (χ2n) is 6.66. The summed E-state index contributed by atoms with van der Waals surface area (Å²) in [4.78, 5) is 14.9. The predicted molar refractivity (Wildman–Crippen MR) is 108 cm³/mol. The van der Waals surface area contributed by atoms with Gasteiger partial charge in [-0.1, -0.05) is 66.7 Å². The monoisotopic (exact) mass is 355 g/mol. The second kappa shape index (κ2) is 7.08. The molecule has 0 bridgehead atoms. The number of rotatable bonds is 4. The van der Waals surface area contributed by atoms with E-state index in [1.54, 1.807) is 4.90 Å². The maximum atomic E-state index is 13.2. The van der Waals surface area contributed by atoms with Gasteiger partial charge in [0.2, 0.25) is 0 Å². The lowest BCUT2D eigenvalue weighted by Gasteiger charge is -2.18. The average Bonchev–Trinajstić information content (AvgIpc) is 3.04. The van der Waals surface area contributed by atoms with Crippen LogP contribution >= 0.6 is 0 Å². The minimum atomic E-state index is -0.0100. The van der Waals surface area contributed by atoms with Crippen LogP contribution in [0.3, 0.4) is 0 Å². The summed E-state index contributed by atoms with van der Waals surface area (Å²) in [5.74, 6) is -0.0100. The Morgan fingerprint density at radius 3 is 2.41 bits per heavy atom. The highest BCUT2D eigenvalue weighted by molar-refractivity contribution is 6.00. The Morgan fingerprint density at radius 2 is 1.59 bits per heavy atom. The van der Waals surface area contributed by atoms with Crippen molar-refractivity contribution in [1.29, 1.82) is 0 Å². The van der Waals surface area contributed by atoms with Crippen LogP contribution in [0.4, 0.5) is 0 Å². The fourth-order valence-electron chi connectivity index (χ4n) is 3.45. The maximum absolute atomic E-state index is 13.2. The fourth-order valence-corrected chi connectivity index (χ4v) is 3.45. The van der Waals surface area contributed by atoms with E-state index in [2.05, 4.69) is 5.10 Å². The summed E-state index contributed by atoms with van der Waals surface area (Å²) in [5.41, 5.74) is 4.66. The first-order valence-corrected chi connectivity index (χ1v) is 8.95. The van der Waals surface area contributed by atoms with Gasteiger partial charge in [-0.3, -0.25) is 9.48 Å². The van der Waals surface area contributed by atoms with E-state index in [9.17, 15) is 4.79 Å². The molecule has 3 aromatic carbocycles. The molecule has 4 aromatic rings. The summed E-state index contributed by atoms with van der Waals surface area (Å²) in [6.07, 6.45) is 0.